The van der Waals surface area contributed by atoms with Gasteiger partial charge in [-0.2, -0.15) is 0 Å². The highest BCUT2D eigenvalue weighted by molar-refractivity contribution is 5.96. The van der Waals surface area contributed by atoms with Crippen molar-refractivity contribution in [2.24, 2.45) is 22.7 Å². The molecular weight excluding hydrogens is 799 g/mol. The number of ketones is 1. The molecule has 1 aliphatic heterocycles. The number of carbonyl (C=O) groups excluding carboxylic acids is 6. The first-order valence-corrected chi connectivity index (χ1v) is 20.8. The van der Waals surface area contributed by atoms with E-state index in [0.29, 0.717) is 5.56 Å². The Kier molecular flexibility index (Phi) is 11.8. The first-order chi connectivity index (χ1) is 29.3. The third-order valence-corrected chi connectivity index (χ3v) is 13.9. The number of hydrogen-bond acceptors (Lipinski definition) is 13. The van der Waals surface area contributed by atoms with Crippen LogP contribution in [0.4, 0.5) is 0 Å². The fourth-order valence-corrected chi connectivity index (χ4v) is 10.5. The molecule has 14 heteroatoms. The van der Waals surface area contributed by atoms with E-state index in [1.165, 1.54) is 19.1 Å². The summed E-state index contributed by atoms with van der Waals surface area (Å²) in [4.78, 5) is 83.9. The molecule has 0 aromatic heterocycles. The second-order valence-corrected chi connectivity index (χ2v) is 17.7. The molecule has 2 saturated carbocycles. The summed E-state index contributed by atoms with van der Waals surface area (Å²) in [5.74, 6) is -6.60. The van der Waals surface area contributed by atoms with Crippen molar-refractivity contribution < 1.29 is 62.7 Å². The van der Waals surface area contributed by atoms with Gasteiger partial charge in [0.2, 0.25) is 0 Å². The normalized spacial score (nSPS) is 31.9. The topological polar surface area (TPSA) is 201 Å². The maximum atomic E-state index is 15.6. The Labute approximate surface area is 359 Å². The molecule has 328 valence electrons. The van der Waals surface area contributed by atoms with Crippen LogP contribution in [-0.2, 0) is 42.9 Å². The Morgan fingerprint density at radius 3 is 1.95 bits per heavy atom. The van der Waals surface area contributed by atoms with E-state index in [-0.39, 0.29) is 35.3 Å². The smallest absolute Gasteiger partial charge is 0.338 e. The molecule has 0 spiro atoms. The van der Waals surface area contributed by atoms with Gasteiger partial charge < -0.3 is 39.2 Å². The van der Waals surface area contributed by atoms with Crippen molar-refractivity contribution >= 4 is 35.6 Å². The average Bonchev–Trinajstić information content (AvgIpc) is 3.24. The summed E-state index contributed by atoms with van der Waals surface area (Å²) >= 11 is 0. The molecule has 4 aliphatic rings. The number of carbonyl (C=O) groups is 6. The molecule has 1 heterocycles. The molecule has 3 aliphatic carbocycles. The molecule has 3 aromatic carbocycles. The van der Waals surface area contributed by atoms with E-state index in [2.05, 4.69) is 5.32 Å². The Balaban J connectivity index is 1.39. The van der Waals surface area contributed by atoms with Crippen molar-refractivity contribution in [1.29, 1.82) is 0 Å². The van der Waals surface area contributed by atoms with Gasteiger partial charge in [-0.3, -0.25) is 19.2 Å². The molecule has 3 N–H and O–H groups in total. The van der Waals surface area contributed by atoms with Gasteiger partial charge in [-0.1, -0.05) is 94.4 Å². The van der Waals surface area contributed by atoms with E-state index in [0.717, 1.165) is 6.92 Å². The summed E-state index contributed by atoms with van der Waals surface area (Å²) < 4.78 is 30.8. The molecular formula is C48H53NO13. The first-order valence-electron chi connectivity index (χ1n) is 20.8. The first kappa shape index (κ1) is 44.4. The molecule has 0 radical (unpaired) electrons. The number of fused-ring (bicyclic) bond motifs is 5. The minimum absolute atomic E-state index is 0.108. The largest absolute Gasteiger partial charge is 0.456 e. The van der Waals surface area contributed by atoms with Gasteiger partial charge in [0.25, 0.3) is 5.91 Å². The number of benzene rings is 3. The summed E-state index contributed by atoms with van der Waals surface area (Å²) in [7, 11) is 0. The highest BCUT2D eigenvalue weighted by Gasteiger charge is 2.77. The molecule has 3 fully saturated rings. The fourth-order valence-electron chi connectivity index (χ4n) is 10.5. The molecule has 1 saturated heterocycles. The van der Waals surface area contributed by atoms with Crippen LogP contribution < -0.4 is 5.32 Å². The highest BCUT2D eigenvalue weighted by atomic mass is 16.6. The molecule has 11 atom stereocenters. The van der Waals surface area contributed by atoms with E-state index >= 15 is 4.79 Å². The minimum atomic E-state index is -2.28. The van der Waals surface area contributed by atoms with Gasteiger partial charge in [0.05, 0.1) is 24.1 Å². The number of aliphatic hydroxyl groups is 2. The van der Waals surface area contributed by atoms with E-state index in [1.807, 2.05) is 6.92 Å². The van der Waals surface area contributed by atoms with Gasteiger partial charge in [-0.05, 0) is 60.2 Å². The van der Waals surface area contributed by atoms with Crippen LogP contribution in [0, 0.1) is 22.7 Å². The van der Waals surface area contributed by atoms with Crippen molar-refractivity contribution in [1.82, 2.24) is 5.32 Å². The van der Waals surface area contributed by atoms with Gasteiger partial charge in [0.15, 0.2) is 23.6 Å². The predicted octanol–water partition coefficient (Wildman–Crippen LogP) is 5.01. The summed E-state index contributed by atoms with van der Waals surface area (Å²) in [5, 5.41) is 28.3. The SMILES string of the molecule is CC(=O)O[C@H]1C(=O)[C@@]2(C)C(C(OC(=O)c3ccccc3)[C@]3(O)C[C@H](OC(=O)[C@H](O)[C@@H](NC(=O)c4ccccc4)c4ccccc4)C(C)=C1C3(C)C)[C@]1(OC(C)=O)CO[C@@H]1C[C@@H]2C. The lowest BCUT2D eigenvalue weighted by molar-refractivity contribution is -0.340. The summed E-state index contributed by atoms with van der Waals surface area (Å²) in [6, 6.07) is 23.3. The van der Waals surface area contributed by atoms with E-state index in [9.17, 15) is 34.2 Å². The number of rotatable bonds is 10. The molecule has 14 nitrogen and oxygen atoms in total. The molecule has 62 heavy (non-hydrogen) atoms. The second kappa shape index (κ2) is 16.5. The van der Waals surface area contributed by atoms with Crippen molar-refractivity contribution in [3.05, 3.63) is 119 Å². The Bertz CT molecular complexity index is 2280. The number of aliphatic hydroxyl groups excluding tert-OH is 1. The zero-order valence-corrected chi connectivity index (χ0v) is 35.8. The van der Waals surface area contributed by atoms with E-state index < -0.39 is 112 Å². The Morgan fingerprint density at radius 2 is 1.40 bits per heavy atom. The third-order valence-electron chi connectivity index (χ3n) is 13.9. The molecule has 3 aromatic rings. The molecule has 1 amide bonds. The molecule has 2 unspecified atom stereocenters. The van der Waals surface area contributed by atoms with Crippen molar-refractivity contribution in [2.45, 2.75) is 109 Å². The van der Waals surface area contributed by atoms with Gasteiger partial charge in [0.1, 0.15) is 23.9 Å². The van der Waals surface area contributed by atoms with Gasteiger partial charge in [-0.25, -0.2) is 9.59 Å². The number of esters is 4. The number of amides is 1. The number of hydrogen-bond donors (Lipinski definition) is 3. The van der Waals surface area contributed by atoms with Crippen LogP contribution >= 0.6 is 0 Å². The van der Waals surface area contributed by atoms with Crippen LogP contribution in [0.15, 0.2) is 102 Å². The maximum Gasteiger partial charge on any atom is 0.338 e. The highest BCUT2D eigenvalue weighted by Crippen LogP contribution is 2.65. The standard InChI is InChI=1S/C48H53NO13/c1-26-23-34-47(25-58-34,62-29(4)51)39-41(61-43(55)32-21-15-10-16-22-32)48(57)24-33(27(2)35(45(48,5)6)38(59-28(3)50)40(53)46(26,39)7)60-44(56)37(52)36(30-17-11-8-12-18-30)49-42(54)31-19-13-9-14-20-31/h8-22,26,33-34,36-39,41,52,57H,23-25H2,1-7H3,(H,49,54)/t26-,33-,34+,36-,37+,38+,39?,41?,46+,47-,48+/m0/s1. The third kappa shape index (κ3) is 7.31. The summed E-state index contributed by atoms with van der Waals surface area (Å²) in [6.45, 7) is 10.5. The lowest BCUT2D eigenvalue weighted by Gasteiger charge is -2.68. The summed E-state index contributed by atoms with van der Waals surface area (Å²) in [5.41, 5.74) is -5.93. The average molecular weight is 852 g/mol. The number of nitrogens with one attached hydrogen (secondary N) is 1. The summed E-state index contributed by atoms with van der Waals surface area (Å²) in [6.07, 6.45) is -7.75. The van der Waals surface area contributed by atoms with Crippen molar-refractivity contribution in [3.8, 4) is 0 Å². The van der Waals surface area contributed by atoms with Gasteiger partial charge >= 0.3 is 23.9 Å². The van der Waals surface area contributed by atoms with Crippen LogP contribution in [0.3, 0.4) is 0 Å². The predicted molar refractivity (Wildman–Crippen MR) is 221 cm³/mol. The lowest BCUT2D eigenvalue weighted by atomic mass is 9.43. The fraction of sp³-hybridized carbons (Fsp3) is 0.458. The van der Waals surface area contributed by atoms with Gasteiger partial charge in [0, 0.05) is 36.7 Å². The van der Waals surface area contributed by atoms with Crippen LogP contribution in [0.25, 0.3) is 0 Å². The van der Waals surface area contributed by atoms with Crippen molar-refractivity contribution in [2.75, 3.05) is 6.61 Å². The minimum Gasteiger partial charge on any atom is -0.456 e. The quantitative estimate of drug-likeness (QED) is 0.140. The van der Waals surface area contributed by atoms with E-state index in [4.69, 9.17) is 23.7 Å². The second-order valence-electron chi connectivity index (χ2n) is 17.7. The zero-order chi connectivity index (χ0) is 44.9. The number of Topliss-reactive ketones (excluding diaryl/α,β-unsaturated/α-hetero) is 1. The van der Waals surface area contributed by atoms with Crippen LogP contribution in [-0.4, -0.2) is 94.1 Å². The molecule has 2 bridgehead atoms. The maximum absolute atomic E-state index is 15.6. The van der Waals surface area contributed by atoms with Gasteiger partial charge in [-0.15, -0.1) is 0 Å². The van der Waals surface area contributed by atoms with Crippen LogP contribution in [0.2, 0.25) is 0 Å². The van der Waals surface area contributed by atoms with E-state index in [1.54, 1.807) is 107 Å². The lowest BCUT2D eigenvalue weighted by Crippen LogP contribution is -2.80. The van der Waals surface area contributed by atoms with Crippen LogP contribution in [0.1, 0.15) is 93.6 Å². The van der Waals surface area contributed by atoms with Crippen molar-refractivity contribution in [3.63, 3.8) is 0 Å². The van der Waals surface area contributed by atoms with Crippen LogP contribution in [0.5, 0.6) is 0 Å². The molecule has 7 rings (SSSR count). The zero-order valence-electron chi connectivity index (χ0n) is 35.8. The number of ether oxygens (including phenoxy) is 5. The Morgan fingerprint density at radius 1 is 0.823 bits per heavy atom. The monoisotopic (exact) mass is 851 g/mol. The Hall–Kier alpha value is -5.70.